The van der Waals surface area contributed by atoms with Crippen LogP contribution < -0.4 is 0 Å². The first-order chi connectivity index (χ1) is 7.42. The van der Waals surface area contributed by atoms with Gasteiger partial charge in [0.2, 0.25) is 0 Å². The van der Waals surface area contributed by atoms with Crippen molar-refractivity contribution in [1.29, 1.82) is 0 Å². The van der Waals surface area contributed by atoms with E-state index < -0.39 is 21.7 Å². The van der Waals surface area contributed by atoms with Crippen molar-refractivity contribution < 1.29 is 18.3 Å². The number of nitrogens with zero attached hydrogens (tertiary/aromatic N) is 1. The molecule has 0 bridgehead atoms. The first-order valence-electron chi connectivity index (χ1n) is 4.44. The fourth-order valence-corrected chi connectivity index (χ4v) is 2.00. The Morgan fingerprint density at radius 2 is 1.94 bits per heavy atom. The van der Waals surface area contributed by atoms with Crippen LogP contribution >= 0.6 is 0 Å². The number of carbonyl (C=O) groups is 1. The van der Waals surface area contributed by atoms with Crippen molar-refractivity contribution in [3.05, 3.63) is 29.8 Å². The monoisotopic (exact) mass is 241 g/mol. The lowest BCUT2D eigenvalue weighted by atomic mass is 10.2. The summed E-state index contributed by atoms with van der Waals surface area (Å²) in [5, 5.41) is 8.27. The number of aliphatic imine (C=N–C) groups is 1. The molecule has 0 spiro atoms. The third-order valence-electron chi connectivity index (χ3n) is 1.83. The Labute approximate surface area is 93.4 Å². The lowest BCUT2D eigenvalue weighted by Crippen LogP contribution is -2.06. The van der Waals surface area contributed by atoms with Gasteiger partial charge in [-0.1, -0.05) is 17.7 Å². The van der Waals surface area contributed by atoms with Gasteiger partial charge in [0, 0.05) is 0 Å². The predicted molar refractivity (Wildman–Crippen MR) is 59.4 cm³/mol. The van der Waals surface area contributed by atoms with Gasteiger partial charge in [0.15, 0.2) is 9.84 Å². The summed E-state index contributed by atoms with van der Waals surface area (Å²) in [5.41, 5.74) is 0.952. The van der Waals surface area contributed by atoms with Crippen LogP contribution in [0.25, 0.3) is 0 Å². The zero-order valence-electron chi connectivity index (χ0n) is 8.62. The molecule has 0 unspecified atom stereocenters. The molecule has 1 rings (SSSR count). The number of aliphatic carboxylic acids is 1. The van der Waals surface area contributed by atoms with E-state index in [-0.39, 0.29) is 4.90 Å². The van der Waals surface area contributed by atoms with Gasteiger partial charge in [-0.05, 0) is 19.1 Å². The summed E-state index contributed by atoms with van der Waals surface area (Å²) in [7, 11) is -3.53. The van der Waals surface area contributed by atoms with Crippen LogP contribution in [-0.2, 0) is 14.6 Å². The molecule has 16 heavy (non-hydrogen) atoms. The Morgan fingerprint density at radius 1 is 1.38 bits per heavy atom. The van der Waals surface area contributed by atoms with Crippen molar-refractivity contribution in [2.75, 3.05) is 5.88 Å². The quantitative estimate of drug-likeness (QED) is 0.793. The molecular formula is C10H11NO4S. The minimum Gasteiger partial charge on any atom is -0.477 e. The first kappa shape index (κ1) is 12.4. The molecule has 0 heterocycles. The maximum Gasteiger partial charge on any atom is 0.346 e. The summed E-state index contributed by atoms with van der Waals surface area (Å²) < 4.78 is 23.2. The minimum atomic E-state index is -3.53. The highest BCUT2D eigenvalue weighted by Crippen LogP contribution is 2.11. The van der Waals surface area contributed by atoms with E-state index in [9.17, 15) is 13.2 Å². The van der Waals surface area contributed by atoms with Crippen LogP contribution in [0.1, 0.15) is 5.56 Å². The minimum absolute atomic E-state index is 0.139. The average molecular weight is 241 g/mol. The third kappa shape index (κ3) is 3.47. The number of hydrogen-bond acceptors (Lipinski definition) is 4. The summed E-state index contributed by atoms with van der Waals surface area (Å²) in [6.45, 7) is 1.85. The van der Waals surface area contributed by atoms with Gasteiger partial charge >= 0.3 is 5.97 Å². The van der Waals surface area contributed by atoms with E-state index in [2.05, 4.69) is 4.99 Å². The Hall–Kier alpha value is -1.69. The summed E-state index contributed by atoms with van der Waals surface area (Å²) >= 11 is 0. The van der Waals surface area contributed by atoms with Gasteiger partial charge in [-0.25, -0.2) is 13.2 Å². The van der Waals surface area contributed by atoms with Crippen LogP contribution in [0, 0.1) is 6.92 Å². The van der Waals surface area contributed by atoms with E-state index in [4.69, 9.17) is 5.11 Å². The second-order valence-electron chi connectivity index (χ2n) is 3.21. The Morgan fingerprint density at radius 3 is 2.44 bits per heavy atom. The lowest BCUT2D eigenvalue weighted by molar-refractivity contribution is -0.128. The maximum absolute atomic E-state index is 11.6. The fraction of sp³-hybridized carbons (Fsp3) is 0.200. The van der Waals surface area contributed by atoms with Gasteiger partial charge in [-0.2, -0.15) is 0 Å². The third-order valence-corrected chi connectivity index (χ3v) is 3.31. The van der Waals surface area contributed by atoms with Gasteiger partial charge in [0.05, 0.1) is 4.90 Å². The van der Waals surface area contributed by atoms with Crippen molar-refractivity contribution >= 4 is 22.0 Å². The SMILES string of the molecule is Cc1ccc(S(=O)(=O)CN=CC(=O)O)cc1. The molecule has 0 aliphatic rings. The fourth-order valence-electron chi connectivity index (χ4n) is 1.03. The van der Waals surface area contributed by atoms with E-state index in [1.54, 1.807) is 12.1 Å². The topological polar surface area (TPSA) is 83.8 Å². The number of aryl methyl sites for hydroxylation is 1. The molecule has 0 atom stereocenters. The summed E-state index contributed by atoms with van der Waals surface area (Å²) in [4.78, 5) is 13.6. The largest absolute Gasteiger partial charge is 0.477 e. The number of hydrogen-bond donors (Lipinski definition) is 1. The van der Waals surface area contributed by atoms with Gasteiger partial charge in [-0.3, -0.25) is 4.99 Å². The molecule has 0 aliphatic heterocycles. The molecule has 0 aliphatic carbocycles. The zero-order valence-corrected chi connectivity index (χ0v) is 9.44. The van der Waals surface area contributed by atoms with E-state index in [1.165, 1.54) is 12.1 Å². The molecule has 0 amide bonds. The summed E-state index contributed by atoms with van der Waals surface area (Å²) in [6.07, 6.45) is 0.575. The van der Waals surface area contributed by atoms with E-state index in [0.717, 1.165) is 5.56 Å². The van der Waals surface area contributed by atoms with Gasteiger partial charge in [0.1, 0.15) is 12.1 Å². The van der Waals surface area contributed by atoms with Gasteiger partial charge in [0.25, 0.3) is 0 Å². The molecular weight excluding hydrogens is 230 g/mol. The second-order valence-corrected chi connectivity index (χ2v) is 5.17. The second kappa shape index (κ2) is 4.89. The number of carboxylic acid groups (broad SMARTS) is 1. The van der Waals surface area contributed by atoms with Crippen molar-refractivity contribution in [3.8, 4) is 0 Å². The summed E-state index contributed by atoms with van der Waals surface area (Å²) in [5.74, 6) is -1.82. The van der Waals surface area contributed by atoms with Crippen LogP contribution in [0.3, 0.4) is 0 Å². The highest BCUT2D eigenvalue weighted by molar-refractivity contribution is 7.91. The molecule has 0 saturated heterocycles. The van der Waals surface area contributed by atoms with Crippen molar-refractivity contribution in [3.63, 3.8) is 0 Å². The molecule has 86 valence electrons. The smallest absolute Gasteiger partial charge is 0.346 e. The standard InChI is InChI=1S/C10H11NO4S/c1-8-2-4-9(5-3-8)16(14,15)7-11-6-10(12)13/h2-6H,7H2,1H3,(H,12,13). The molecule has 5 nitrogen and oxygen atoms in total. The first-order valence-corrected chi connectivity index (χ1v) is 6.09. The van der Waals surface area contributed by atoms with Crippen LogP contribution in [-0.4, -0.2) is 31.6 Å². The molecule has 1 aromatic carbocycles. The van der Waals surface area contributed by atoms with Crippen LogP contribution in [0.2, 0.25) is 0 Å². The van der Waals surface area contributed by atoms with E-state index >= 15 is 0 Å². The highest BCUT2D eigenvalue weighted by Gasteiger charge is 2.12. The van der Waals surface area contributed by atoms with Crippen LogP contribution in [0.15, 0.2) is 34.2 Å². The normalized spacial score (nSPS) is 11.8. The van der Waals surface area contributed by atoms with E-state index in [0.29, 0.717) is 6.21 Å². The number of sulfone groups is 1. The lowest BCUT2D eigenvalue weighted by Gasteiger charge is -2.00. The van der Waals surface area contributed by atoms with Gasteiger partial charge in [-0.15, -0.1) is 0 Å². The van der Waals surface area contributed by atoms with E-state index in [1.807, 2.05) is 6.92 Å². The number of carboxylic acids is 1. The van der Waals surface area contributed by atoms with Crippen molar-refractivity contribution in [2.24, 2.45) is 4.99 Å². The molecule has 6 heteroatoms. The predicted octanol–water partition coefficient (Wildman–Crippen LogP) is 0.882. The Kier molecular flexibility index (Phi) is 3.78. The zero-order chi connectivity index (χ0) is 12.2. The molecule has 1 aromatic rings. The Bertz CT molecular complexity index is 502. The molecule has 0 radical (unpaired) electrons. The maximum atomic E-state index is 11.6. The number of benzene rings is 1. The van der Waals surface area contributed by atoms with Crippen molar-refractivity contribution in [2.45, 2.75) is 11.8 Å². The van der Waals surface area contributed by atoms with Crippen LogP contribution in [0.4, 0.5) is 0 Å². The average Bonchev–Trinajstić information content (AvgIpc) is 2.17. The summed E-state index contributed by atoms with van der Waals surface area (Å²) in [6, 6.07) is 6.30. The van der Waals surface area contributed by atoms with Crippen molar-refractivity contribution in [1.82, 2.24) is 0 Å². The molecule has 0 fully saturated rings. The molecule has 0 saturated carbocycles. The number of rotatable bonds is 4. The Balaban J connectivity index is 2.86. The molecule has 1 N–H and O–H groups in total. The van der Waals surface area contributed by atoms with Gasteiger partial charge < -0.3 is 5.11 Å². The highest BCUT2D eigenvalue weighted by atomic mass is 32.2. The van der Waals surface area contributed by atoms with Crippen LogP contribution in [0.5, 0.6) is 0 Å². The molecule has 0 aromatic heterocycles.